The highest BCUT2D eigenvalue weighted by atomic mass is 32.1. The number of pyridine rings is 1. The third kappa shape index (κ3) is 3.95. The fraction of sp³-hybridized carbons (Fsp3) is 0.444. The van der Waals surface area contributed by atoms with E-state index in [1.54, 1.807) is 11.3 Å². The molecule has 1 fully saturated rings. The molecule has 1 amide bonds. The quantitative estimate of drug-likeness (QED) is 0.865. The standard InChI is InChI=1S/C18H22N2OS/c1-14-10-16(2-6-19-14)11-15-3-7-20(8-4-15)18(21)12-17-5-9-22-13-17/h2,5-6,9-10,13,15H,3-4,7-8,11-12H2,1H3. The van der Waals surface area contributed by atoms with Crippen LogP contribution in [0.25, 0.3) is 0 Å². The molecule has 1 aliphatic rings. The molecular formula is C18H22N2OS. The number of rotatable bonds is 4. The number of thiophene rings is 1. The summed E-state index contributed by atoms with van der Waals surface area (Å²) in [5, 5.41) is 4.10. The summed E-state index contributed by atoms with van der Waals surface area (Å²) in [4.78, 5) is 18.6. The summed E-state index contributed by atoms with van der Waals surface area (Å²) < 4.78 is 0. The molecule has 0 bridgehead atoms. The van der Waals surface area contributed by atoms with Gasteiger partial charge in [-0.05, 0) is 72.2 Å². The molecule has 22 heavy (non-hydrogen) atoms. The number of carbonyl (C=O) groups excluding carboxylic acids is 1. The van der Waals surface area contributed by atoms with Crippen LogP contribution in [0.4, 0.5) is 0 Å². The minimum absolute atomic E-state index is 0.275. The van der Waals surface area contributed by atoms with E-state index in [4.69, 9.17) is 0 Å². The highest BCUT2D eigenvalue weighted by Gasteiger charge is 2.23. The number of aromatic nitrogens is 1. The van der Waals surface area contributed by atoms with Gasteiger partial charge < -0.3 is 4.90 Å². The van der Waals surface area contributed by atoms with Crippen molar-refractivity contribution in [1.29, 1.82) is 0 Å². The maximum atomic E-state index is 12.3. The molecule has 2 aromatic heterocycles. The maximum absolute atomic E-state index is 12.3. The van der Waals surface area contributed by atoms with E-state index < -0.39 is 0 Å². The van der Waals surface area contributed by atoms with Crippen molar-refractivity contribution >= 4 is 17.2 Å². The molecular weight excluding hydrogens is 292 g/mol. The lowest BCUT2D eigenvalue weighted by molar-refractivity contribution is -0.131. The number of piperidine rings is 1. The van der Waals surface area contributed by atoms with Crippen molar-refractivity contribution in [2.24, 2.45) is 5.92 Å². The summed E-state index contributed by atoms with van der Waals surface area (Å²) in [5.74, 6) is 0.962. The molecule has 0 aromatic carbocycles. The Morgan fingerprint density at radius 3 is 2.82 bits per heavy atom. The zero-order chi connectivity index (χ0) is 15.4. The van der Waals surface area contributed by atoms with Crippen LogP contribution < -0.4 is 0 Å². The van der Waals surface area contributed by atoms with Crippen molar-refractivity contribution < 1.29 is 4.79 Å². The second-order valence-corrected chi connectivity index (χ2v) is 6.92. The Kier molecular flexibility index (Phi) is 4.88. The van der Waals surface area contributed by atoms with Crippen molar-refractivity contribution in [3.8, 4) is 0 Å². The van der Waals surface area contributed by atoms with Gasteiger partial charge in [-0.2, -0.15) is 11.3 Å². The predicted molar refractivity (Wildman–Crippen MR) is 90.0 cm³/mol. The molecule has 116 valence electrons. The zero-order valence-corrected chi connectivity index (χ0v) is 13.8. The SMILES string of the molecule is Cc1cc(CC2CCN(C(=O)Cc3ccsc3)CC2)ccn1. The number of hydrogen-bond donors (Lipinski definition) is 0. The molecule has 0 spiro atoms. The number of nitrogens with zero attached hydrogens (tertiary/aromatic N) is 2. The lowest BCUT2D eigenvalue weighted by atomic mass is 9.90. The molecule has 1 aliphatic heterocycles. The Labute approximate surface area is 136 Å². The average molecular weight is 314 g/mol. The lowest BCUT2D eigenvalue weighted by Gasteiger charge is -2.32. The Morgan fingerprint density at radius 1 is 1.32 bits per heavy atom. The van der Waals surface area contributed by atoms with Gasteiger partial charge in [-0.3, -0.25) is 9.78 Å². The third-order valence-corrected chi connectivity index (χ3v) is 5.12. The van der Waals surface area contributed by atoms with Crippen LogP contribution in [0.15, 0.2) is 35.2 Å². The molecule has 4 heteroatoms. The topological polar surface area (TPSA) is 33.2 Å². The molecule has 1 saturated heterocycles. The summed E-state index contributed by atoms with van der Waals surface area (Å²) in [6.45, 7) is 3.84. The van der Waals surface area contributed by atoms with Crippen LogP contribution in [-0.4, -0.2) is 28.9 Å². The highest BCUT2D eigenvalue weighted by molar-refractivity contribution is 7.07. The number of hydrogen-bond acceptors (Lipinski definition) is 3. The van der Waals surface area contributed by atoms with Gasteiger partial charge >= 0.3 is 0 Å². The molecule has 0 aliphatic carbocycles. The van der Waals surface area contributed by atoms with Crippen LogP contribution in [-0.2, 0) is 17.6 Å². The van der Waals surface area contributed by atoms with Crippen LogP contribution >= 0.6 is 11.3 Å². The highest BCUT2D eigenvalue weighted by Crippen LogP contribution is 2.22. The summed E-state index contributed by atoms with van der Waals surface area (Å²) in [7, 11) is 0. The van der Waals surface area contributed by atoms with Gasteiger partial charge in [0.05, 0.1) is 6.42 Å². The van der Waals surface area contributed by atoms with Gasteiger partial charge in [0, 0.05) is 25.0 Å². The first-order chi connectivity index (χ1) is 10.7. The van der Waals surface area contributed by atoms with Crippen molar-refractivity contribution in [2.75, 3.05) is 13.1 Å². The zero-order valence-electron chi connectivity index (χ0n) is 13.0. The first kappa shape index (κ1) is 15.2. The van der Waals surface area contributed by atoms with Gasteiger partial charge in [0.15, 0.2) is 0 Å². The van der Waals surface area contributed by atoms with Gasteiger partial charge in [0.1, 0.15) is 0 Å². The molecule has 0 saturated carbocycles. The Bertz CT molecular complexity index is 616. The average Bonchev–Trinajstić information content (AvgIpc) is 3.01. The molecule has 2 aromatic rings. The molecule has 0 atom stereocenters. The van der Waals surface area contributed by atoms with Crippen molar-refractivity contribution in [3.05, 3.63) is 52.0 Å². The Hall–Kier alpha value is -1.68. The maximum Gasteiger partial charge on any atom is 0.227 e. The van der Waals surface area contributed by atoms with Gasteiger partial charge in [-0.1, -0.05) is 0 Å². The van der Waals surface area contributed by atoms with E-state index in [9.17, 15) is 4.79 Å². The summed E-state index contributed by atoms with van der Waals surface area (Å²) in [6, 6.07) is 6.33. The smallest absolute Gasteiger partial charge is 0.227 e. The molecule has 3 rings (SSSR count). The number of likely N-dealkylation sites (tertiary alicyclic amines) is 1. The van der Waals surface area contributed by atoms with Crippen LogP contribution in [0.2, 0.25) is 0 Å². The predicted octanol–water partition coefficient (Wildman–Crippen LogP) is 3.48. The Balaban J connectivity index is 1.49. The first-order valence-electron chi connectivity index (χ1n) is 7.91. The van der Waals surface area contributed by atoms with E-state index in [0.29, 0.717) is 12.3 Å². The van der Waals surface area contributed by atoms with E-state index >= 15 is 0 Å². The second-order valence-electron chi connectivity index (χ2n) is 6.14. The molecule has 3 nitrogen and oxygen atoms in total. The van der Waals surface area contributed by atoms with Crippen LogP contribution in [0.3, 0.4) is 0 Å². The fourth-order valence-corrected chi connectivity index (χ4v) is 3.80. The molecule has 0 unspecified atom stereocenters. The molecule has 0 radical (unpaired) electrons. The monoisotopic (exact) mass is 314 g/mol. The minimum Gasteiger partial charge on any atom is -0.342 e. The van der Waals surface area contributed by atoms with Crippen LogP contribution in [0.5, 0.6) is 0 Å². The summed E-state index contributed by atoms with van der Waals surface area (Å²) >= 11 is 1.66. The van der Waals surface area contributed by atoms with Crippen molar-refractivity contribution in [1.82, 2.24) is 9.88 Å². The first-order valence-corrected chi connectivity index (χ1v) is 8.85. The molecule has 0 N–H and O–H groups in total. The normalized spacial score (nSPS) is 16.0. The van der Waals surface area contributed by atoms with Crippen LogP contribution in [0.1, 0.15) is 29.7 Å². The van der Waals surface area contributed by atoms with Gasteiger partial charge in [-0.15, -0.1) is 0 Å². The number of aryl methyl sites for hydroxylation is 1. The second kappa shape index (κ2) is 7.05. The minimum atomic E-state index is 0.275. The molecule has 3 heterocycles. The fourth-order valence-electron chi connectivity index (χ4n) is 3.13. The van der Waals surface area contributed by atoms with E-state index in [-0.39, 0.29) is 5.91 Å². The van der Waals surface area contributed by atoms with E-state index in [1.165, 1.54) is 5.56 Å². The lowest BCUT2D eigenvalue weighted by Crippen LogP contribution is -2.39. The number of carbonyl (C=O) groups is 1. The van der Waals surface area contributed by atoms with Crippen molar-refractivity contribution in [3.63, 3.8) is 0 Å². The van der Waals surface area contributed by atoms with E-state index in [0.717, 1.165) is 43.6 Å². The largest absolute Gasteiger partial charge is 0.342 e. The van der Waals surface area contributed by atoms with E-state index in [1.807, 2.05) is 29.5 Å². The van der Waals surface area contributed by atoms with Gasteiger partial charge in [0.2, 0.25) is 5.91 Å². The summed E-state index contributed by atoms with van der Waals surface area (Å²) in [5.41, 5.74) is 3.60. The summed E-state index contributed by atoms with van der Waals surface area (Å²) in [6.07, 6.45) is 5.77. The Morgan fingerprint density at radius 2 is 2.14 bits per heavy atom. The van der Waals surface area contributed by atoms with Crippen molar-refractivity contribution in [2.45, 2.75) is 32.6 Å². The van der Waals surface area contributed by atoms with E-state index in [2.05, 4.69) is 22.5 Å². The van der Waals surface area contributed by atoms with Crippen LogP contribution in [0, 0.1) is 12.8 Å². The third-order valence-electron chi connectivity index (χ3n) is 4.39. The van der Waals surface area contributed by atoms with Gasteiger partial charge in [0.25, 0.3) is 0 Å². The number of amides is 1. The van der Waals surface area contributed by atoms with Gasteiger partial charge in [-0.25, -0.2) is 0 Å².